The lowest BCUT2D eigenvalue weighted by atomic mass is 10.1. The quantitative estimate of drug-likeness (QED) is 0.592. The van der Waals surface area contributed by atoms with Gasteiger partial charge in [-0.25, -0.2) is 18.2 Å². The van der Waals surface area contributed by atoms with Gasteiger partial charge >= 0.3 is 0 Å². The van der Waals surface area contributed by atoms with E-state index in [0.29, 0.717) is 19.4 Å². The maximum atomic E-state index is 12.3. The molecule has 1 aliphatic rings. The van der Waals surface area contributed by atoms with E-state index in [1.807, 2.05) is 0 Å². The molecule has 0 spiro atoms. The van der Waals surface area contributed by atoms with E-state index in [2.05, 4.69) is 9.98 Å². The second-order valence-corrected chi connectivity index (χ2v) is 6.01. The van der Waals surface area contributed by atoms with Crippen LogP contribution in [0.3, 0.4) is 0 Å². The van der Waals surface area contributed by atoms with Gasteiger partial charge in [0.1, 0.15) is 4.90 Å². The fourth-order valence-corrected chi connectivity index (χ4v) is 3.45. The molecule has 0 N–H and O–H groups in total. The van der Waals surface area contributed by atoms with Gasteiger partial charge in [0, 0.05) is 25.5 Å². The summed E-state index contributed by atoms with van der Waals surface area (Å²) in [6.07, 6.45) is 5.74. The first-order valence-corrected chi connectivity index (χ1v) is 7.06. The molecular weight excluding hydrogens is 254 g/mol. The first-order chi connectivity index (χ1) is 8.64. The lowest BCUT2D eigenvalue weighted by molar-refractivity contribution is 0.316. The molecule has 2 rings (SSSR count). The van der Waals surface area contributed by atoms with Crippen molar-refractivity contribution in [1.82, 2.24) is 9.29 Å². The Morgan fingerprint density at radius 2 is 2.33 bits per heavy atom. The highest BCUT2D eigenvalue weighted by Gasteiger charge is 2.30. The van der Waals surface area contributed by atoms with Crippen LogP contribution in [-0.2, 0) is 14.8 Å². The van der Waals surface area contributed by atoms with Crippen LogP contribution in [0, 0.1) is 0 Å². The van der Waals surface area contributed by atoms with E-state index >= 15 is 0 Å². The molecule has 0 aliphatic carbocycles. The largest absolute Gasteiger partial charge is 0.263 e. The van der Waals surface area contributed by atoms with Crippen LogP contribution in [0.5, 0.6) is 0 Å². The van der Waals surface area contributed by atoms with Crippen molar-refractivity contribution in [2.24, 2.45) is 4.99 Å². The van der Waals surface area contributed by atoms with Crippen molar-refractivity contribution in [3.63, 3.8) is 0 Å². The number of carbonyl (C=O) groups excluding carboxylic acids is 1. The third-order valence-corrected chi connectivity index (χ3v) is 4.72. The molecule has 1 aromatic heterocycles. The number of sulfonamides is 1. The average molecular weight is 267 g/mol. The first kappa shape index (κ1) is 12.9. The maximum Gasteiger partial charge on any atom is 0.244 e. The lowest BCUT2D eigenvalue weighted by Gasteiger charge is -2.29. The number of rotatable bonds is 3. The smallest absolute Gasteiger partial charge is 0.244 e. The van der Waals surface area contributed by atoms with Crippen molar-refractivity contribution >= 4 is 16.1 Å². The molecule has 0 radical (unpaired) electrons. The summed E-state index contributed by atoms with van der Waals surface area (Å²) in [7, 11) is -3.53. The van der Waals surface area contributed by atoms with Gasteiger partial charge in [0.05, 0.1) is 6.04 Å². The summed E-state index contributed by atoms with van der Waals surface area (Å²) in [5, 5.41) is 0. The number of piperidine rings is 1. The summed E-state index contributed by atoms with van der Waals surface area (Å²) in [4.78, 5) is 17.8. The normalized spacial score (nSPS) is 21.2. The summed E-state index contributed by atoms with van der Waals surface area (Å²) in [5.41, 5.74) is 0. The van der Waals surface area contributed by atoms with Crippen LogP contribution in [0.15, 0.2) is 34.4 Å². The second kappa shape index (κ2) is 5.39. The molecule has 7 heteroatoms. The fraction of sp³-hybridized carbons (Fsp3) is 0.455. The van der Waals surface area contributed by atoms with Gasteiger partial charge in [-0.05, 0) is 25.0 Å². The minimum atomic E-state index is -3.53. The van der Waals surface area contributed by atoms with Crippen molar-refractivity contribution in [2.45, 2.75) is 23.8 Å². The Kier molecular flexibility index (Phi) is 3.86. The number of isocyanates is 1. The highest BCUT2D eigenvalue weighted by molar-refractivity contribution is 7.89. The lowest BCUT2D eigenvalue weighted by Crippen LogP contribution is -2.41. The zero-order chi connectivity index (χ0) is 13.0. The van der Waals surface area contributed by atoms with Crippen molar-refractivity contribution in [3.8, 4) is 0 Å². The summed E-state index contributed by atoms with van der Waals surface area (Å²) < 4.78 is 25.9. The van der Waals surface area contributed by atoms with Gasteiger partial charge in [0.15, 0.2) is 0 Å². The first-order valence-electron chi connectivity index (χ1n) is 5.62. The van der Waals surface area contributed by atoms with Gasteiger partial charge in [-0.2, -0.15) is 4.31 Å². The van der Waals surface area contributed by atoms with Gasteiger partial charge < -0.3 is 0 Å². The fourth-order valence-electron chi connectivity index (χ4n) is 1.97. The molecule has 0 aromatic carbocycles. The van der Waals surface area contributed by atoms with Crippen LogP contribution in [0.4, 0.5) is 0 Å². The SMILES string of the molecule is O=C=NC1CCCN(S(=O)(=O)c2cccnc2)C1. The average Bonchev–Trinajstić information content (AvgIpc) is 2.40. The summed E-state index contributed by atoms with van der Waals surface area (Å²) in [6, 6.07) is 2.80. The topological polar surface area (TPSA) is 79.7 Å². The Bertz CT molecular complexity index is 552. The third-order valence-electron chi connectivity index (χ3n) is 2.87. The van der Waals surface area contributed by atoms with Crippen molar-refractivity contribution in [2.75, 3.05) is 13.1 Å². The van der Waals surface area contributed by atoms with E-state index in [0.717, 1.165) is 0 Å². The van der Waals surface area contributed by atoms with Crippen molar-refractivity contribution < 1.29 is 13.2 Å². The maximum absolute atomic E-state index is 12.3. The molecule has 0 saturated carbocycles. The summed E-state index contributed by atoms with van der Waals surface area (Å²) >= 11 is 0. The van der Waals surface area contributed by atoms with Crippen LogP contribution < -0.4 is 0 Å². The van der Waals surface area contributed by atoms with E-state index in [1.54, 1.807) is 6.07 Å². The molecule has 2 heterocycles. The highest BCUT2D eigenvalue weighted by Crippen LogP contribution is 2.21. The van der Waals surface area contributed by atoms with Gasteiger partial charge in [-0.15, -0.1) is 0 Å². The zero-order valence-corrected chi connectivity index (χ0v) is 10.5. The number of nitrogens with zero attached hydrogens (tertiary/aromatic N) is 3. The van der Waals surface area contributed by atoms with Gasteiger partial charge in [-0.3, -0.25) is 4.98 Å². The van der Waals surface area contributed by atoms with Crippen molar-refractivity contribution in [1.29, 1.82) is 0 Å². The minimum absolute atomic E-state index is 0.167. The Morgan fingerprint density at radius 3 is 3.00 bits per heavy atom. The Balaban J connectivity index is 2.23. The molecule has 18 heavy (non-hydrogen) atoms. The Labute approximate surface area is 105 Å². The minimum Gasteiger partial charge on any atom is -0.263 e. The molecular formula is C11H13N3O3S. The highest BCUT2D eigenvalue weighted by atomic mass is 32.2. The van der Waals surface area contributed by atoms with Gasteiger partial charge in [-0.1, -0.05) is 0 Å². The van der Waals surface area contributed by atoms with E-state index in [4.69, 9.17) is 0 Å². The molecule has 0 bridgehead atoms. The number of hydrogen-bond acceptors (Lipinski definition) is 5. The summed E-state index contributed by atoms with van der Waals surface area (Å²) in [6.45, 7) is 0.675. The number of aliphatic imine (C=N–C) groups is 1. The molecule has 0 amide bonds. The van der Waals surface area contributed by atoms with E-state index < -0.39 is 10.0 Å². The number of pyridine rings is 1. The Hall–Kier alpha value is -1.56. The Morgan fingerprint density at radius 1 is 1.50 bits per heavy atom. The molecule has 1 aliphatic heterocycles. The van der Waals surface area contributed by atoms with Gasteiger partial charge in [0.25, 0.3) is 0 Å². The van der Waals surface area contributed by atoms with Crippen LogP contribution in [0.25, 0.3) is 0 Å². The monoisotopic (exact) mass is 267 g/mol. The van der Waals surface area contributed by atoms with Crippen LogP contribution in [0.2, 0.25) is 0 Å². The predicted molar refractivity (Wildman–Crippen MR) is 64.1 cm³/mol. The van der Waals surface area contributed by atoms with Crippen LogP contribution in [-0.4, -0.2) is 42.9 Å². The molecule has 6 nitrogen and oxygen atoms in total. The van der Waals surface area contributed by atoms with E-state index in [1.165, 1.54) is 28.8 Å². The molecule has 96 valence electrons. The number of hydrogen-bond donors (Lipinski definition) is 0. The molecule has 1 aromatic rings. The van der Waals surface area contributed by atoms with Crippen LogP contribution in [0.1, 0.15) is 12.8 Å². The second-order valence-electron chi connectivity index (χ2n) is 4.07. The van der Waals surface area contributed by atoms with E-state index in [9.17, 15) is 13.2 Å². The standard InChI is InChI=1S/C11H13N3O3S/c15-9-13-10-3-2-6-14(8-10)18(16,17)11-4-1-5-12-7-11/h1,4-5,7,10H,2-3,6,8H2. The predicted octanol–water partition coefficient (Wildman–Crippen LogP) is 0.571. The molecule has 1 saturated heterocycles. The zero-order valence-electron chi connectivity index (χ0n) is 9.69. The molecule has 1 atom stereocenters. The van der Waals surface area contributed by atoms with Crippen molar-refractivity contribution in [3.05, 3.63) is 24.5 Å². The summed E-state index contributed by atoms with van der Waals surface area (Å²) in [5.74, 6) is 0. The van der Waals surface area contributed by atoms with E-state index in [-0.39, 0.29) is 17.5 Å². The molecule has 1 fully saturated rings. The van der Waals surface area contributed by atoms with Gasteiger partial charge in [0.2, 0.25) is 16.1 Å². The third kappa shape index (κ3) is 2.64. The number of aromatic nitrogens is 1. The molecule has 1 unspecified atom stereocenters. The van der Waals surface area contributed by atoms with Crippen LogP contribution >= 0.6 is 0 Å².